The molecular weight excluding hydrogens is 402 g/mol. The highest BCUT2D eigenvalue weighted by Crippen LogP contribution is 2.20. The Hall–Kier alpha value is -2.61. The van der Waals surface area contributed by atoms with Crippen LogP contribution in [0.25, 0.3) is 0 Å². The third kappa shape index (κ3) is 6.45. The Morgan fingerprint density at radius 2 is 1.40 bits per heavy atom. The Morgan fingerprint density at radius 3 is 1.93 bits per heavy atom. The minimum atomic E-state index is -0.0875. The van der Waals surface area contributed by atoms with E-state index in [9.17, 15) is 9.59 Å². The van der Waals surface area contributed by atoms with Crippen molar-refractivity contribution in [1.29, 1.82) is 0 Å². The highest BCUT2D eigenvalue weighted by atomic mass is 35.5. The van der Waals surface area contributed by atoms with E-state index in [4.69, 9.17) is 11.6 Å². The van der Waals surface area contributed by atoms with Crippen LogP contribution < -0.4 is 15.5 Å². The number of benzene rings is 2. The summed E-state index contributed by atoms with van der Waals surface area (Å²) in [5.74, 6) is -0.118. The van der Waals surface area contributed by atoms with Gasteiger partial charge in [0, 0.05) is 51.6 Å². The zero-order valence-corrected chi connectivity index (χ0v) is 18.2. The predicted molar refractivity (Wildman–Crippen MR) is 122 cm³/mol. The number of para-hydroxylation sites is 1. The van der Waals surface area contributed by atoms with E-state index in [2.05, 4.69) is 20.4 Å². The second-order valence-electron chi connectivity index (χ2n) is 7.57. The summed E-state index contributed by atoms with van der Waals surface area (Å²) in [4.78, 5) is 30.8. The SMILES string of the molecule is CN(C)c1ccc(NC(=O)CN2CCN(CC(=O)Nc3ccccc3Cl)CC2)cc1. The number of halogens is 1. The van der Waals surface area contributed by atoms with E-state index in [0.29, 0.717) is 23.8 Å². The molecule has 2 aromatic carbocycles. The quantitative estimate of drug-likeness (QED) is 0.708. The Labute approximate surface area is 182 Å². The summed E-state index contributed by atoms with van der Waals surface area (Å²) in [6.45, 7) is 3.61. The predicted octanol–water partition coefficient (Wildman–Crippen LogP) is 2.60. The second-order valence-corrected chi connectivity index (χ2v) is 7.98. The number of carbonyl (C=O) groups is 2. The van der Waals surface area contributed by atoms with Crippen LogP contribution >= 0.6 is 11.6 Å². The second kappa shape index (κ2) is 10.4. The molecule has 3 rings (SSSR count). The normalized spacial score (nSPS) is 14.9. The minimum Gasteiger partial charge on any atom is -0.378 e. The van der Waals surface area contributed by atoms with Gasteiger partial charge in [-0.05, 0) is 36.4 Å². The first-order valence-corrected chi connectivity index (χ1v) is 10.3. The Morgan fingerprint density at radius 1 is 0.867 bits per heavy atom. The first kappa shape index (κ1) is 22.1. The molecular formula is C22H28ClN5O2. The molecule has 8 heteroatoms. The Kier molecular flexibility index (Phi) is 7.68. The standard InChI is InChI=1S/C22H28ClN5O2/c1-26(2)18-9-7-17(8-10-18)24-21(29)15-27-11-13-28(14-12-27)16-22(30)25-20-6-4-3-5-19(20)23/h3-10H,11-16H2,1-2H3,(H,24,29)(H,25,30). The van der Waals surface area contributed by atoms with Crippen LogP contribution in [0.4, 0.5) is 17.1 Å². The molecule has 1 fully saturated rings. The van der Waals surface area contributed by atoms with Crippen molar-refractivity contribution in [2.24, 2.45) is 0 Å². The van der Waals surface area contributed by atoms with Gasteiger partial charge in [0.05, 0.1) is 23.8 Å². The van der Waals surface area contributed by atoms with Gasteiger partial charge in [0.25, 0.3) is 0 Å². The average Bonchev–Trinajstić information content (AvgIpc) is 2.71. The molecule has 2 amide bonds. The highest BCUT2D eigenvalue weighted by Gasteiger charge is 2.21. The van der Waals surface area contributed by atoms with Crippen LogP contribution in [0, 0.1) is 0 Å². The summed E-state index contributed by atoms with van der Waals surface area (Å²) in [7, 11) is 3.96. The van der Waals surface area contributed by atoms with Gasteiger partial charge >= 0.3 is 0 Å². The van der Waals surface area contributed by atoms with E-state index >= 15 is 0 Å². The number of hydrogen-bond acceptors (Lipinski definition) is 5. The van der Waals surface area contributed by atoms with Crippen LogP contribution in [0.1, 0.15) is 0 Å². The first-order chi connectivity index (χ1) is 14.4. The fourth-order valence-corrected chi connectivity index (χ4v) is 3.49. The van der Waals surface area contributed by atoms with Crippen LogP contribution in [0.2, 0.25) is 5.02 Å². The number of rotatable bonds is 7. The molecule has 160 valence electrons. The molecule has 30 heavy (non-hydrogen) atoms. The van der Waals surface area contributed by atoms with Crippen molar-refractivity contribution in [2.75, 3.05) is 68.9 Å². The lowest BCUT2D eigenvalue weighted by Crippen LogP contribution is -2.50. The first-order valence-electron chi connectivity index (χ1n) is 9.97. The summed E-state index contributed by atoms with van der Waals surface area (Å²) in [6.07, 6.45) is 0. The van der Waals surface area contributed by atoms with Gasteiger partial charge in [-0.2, -0.15) is 0 Å². The summed E-state index contributed by atoms with van der Waals surface area (Å²) in [6, 6.07) is 15.0. The van der Waals surface area contributed by atoms with Crippen molar-refractivity contribution in [3.05, 3.63) is 53.6 Å². The molecule has 0 aliphatic carbocycles. The number of amides is 2. The third-order valence-electron chi connectivity index (χ3n) is 5.01. The summed E-state index contributed by atoms with van der Waals surface area (Å²) in [5, 5.41) is 6.31. The molecule has 2 aromatic rings. The number of piperazine rings is 1. The number of nitrogens with one attached hydrogen (secondary N) is 2. The summed E-state index contributed by atoms with van der Waals surface area (Å²) < 4.78 is 0. The van der Waals surface area contributed by atoms with Crippen LogP contribution in [0.15, 0.2) is 48.5 Å². The van der Waals surface area contributed by atoms with Gasteiger partial charge in [-0.1, -0.05) is 23.7 Å². The molecule has 1 heterocycles. The van der Waals surface area contributed by atoms with Crippen molar-refractivity contribution in [2.45, 2.75) is 0 Å². The van der Waals surface area contributed by atoms with Gasteiger partial charge < -0.3 is 15.5 Å². The third-order valence-corrected chi connectivity index (χ3v) is 5.34. The maximum Gasteiger partial charge on any atom is 0.238 e. The van der Waals surface area contributed by atoms with Crippen molar-refractivity contribution >= 4 is 40.5 Å². The smallest absolute Gasteiger partial charge is 0.238 e. The molecule has 2 N–H and O–H groups in total. The lowest BCUT2D eigenvalue weighted by Gasteiger charge is -2.33. The summed E-state index contributed by atoms with van der Waals surface area (Å²) in [5.41, 5.74) is 2.50. The molecule has 1 saturated heterocycles. The zero-order valence-electron chi connectivity index (χ0n) is 17.4. The van der Waals surface area contributed by atoms with Crippen molar-refractivity contribution in [3.8, 4) is 0 Å². The topological polar surface area (TPSA) is 67.9 Å². The molecule has 1 aliphatic rings. The number of anilines is 3. The van der Waals surface area contributed by atoms with Crippen LogP contribution in [0.3, 0.4) is 0 Å². The molecule has 0 unspecified atom stereocenters. The van der Waals surface area contributed by atoms with Gasteiger partial charge in [0.15, 0.2) is 0 Å². The Bertz CT molecular complexity index is 864. The van der Waals surface area contributed by atoms with Crippen LogP contribution in [-0.2, 0) is 9.59 Å². The monoisotopic (exact) mass is 429 g/mol. The largest absolute Gasteiger partial charge is 0.378 e. The molecule has 7 nitrogen and oxygen atoms in total. The lowest BCUT2D eigenvalue weighted by molar-refractivity contribution is -0.120. The van der Waals surface area contributed by atoms with Gasteiger partial charge in [-0.3, -0.25) is 19.4 Å². The minimum absolute atomic E-state index is 0.0301. The maximum absolute atomic E-state index is 12.3. The molecule has 0 saturated carbocycles. The molecule has 0 bridgehead atoms. The van der Waals surface area contributed by atoms with E-state index in [-0.39, 0.29) is 11.8 Å². The number of hydrogen-bond donors (Lipinski definition) is 2. The maximum atomic E-state index is 12.3. The lowest BCUT2D eigenvalue weighted by atomic mass is 10.2. The van der Waals surface area contributed by atoms with Crippen LogP contribution in [-0.4, -0.2) is 75.0 Å². The van der Waals surface area contributed by atoms with Crippen molar-refractivity contribution in [3.63, 3.8) is 0 Å². The average molecular weight is 430 g/mol. The zero-order chi connectivity index (χ0) is 21.5. The van der Waals surface area contributed by atoms with Crippen molar-refractivity contribution < 1.29 is 9.59 Å². The van der Waals surface area contributed by atoms with Gasteiger partial charge in [0.1, 0.15) is 0 Å². The van der Waals surface area contributed by atoms with Gasteiger partial charge in [0.2, 0.25) is 11.8 Å². The molecule has 0 radical (unpaired) electrons. The van der Waals surface area contributed by atoms with Crippen molar-refractivity contribution in [1.82, 2.24) is 9.80 Å². The van der Waals surface area contributed by atoms with E-state index < -0.39 is 0 Å². The Balaban J connectivity index is 1.39. The van der Waals surface area contributed by atoms with E-state index in [0.717, 1.165) is 37.6 Å². The number of nitrogens with zero attached hydrogens (tertiary/aromatic N) is 3. The van der Waals surface area contributed by atoms with Crippen LogP contribution in [0.5, 0.6) is 0 Å². The van der Waals surface area contributed by atoms with E-state index in [1.54, 1.807) is 12.1 Å². The fourth-order valence-electron chi connectivity index (χ4n) is 3.31. The van der Waals surface area contributed by atoms with E-state index in [1.807, 2.05) is 55.4 Å². The van der Waals surface area contributed by atoms with Gasteiger partial charge in [-0.15, -0.1) is 0 Å². The molecule has 0 spiro atoms. The molecule has 1 aliphatic heterocycles. The van der Waals surface area contributed by atoms with E-state index in [1.165, 1.54) is 0 Å². The number of carbonyl (C=O) groups excluding carboxylic acids is 2. The fraction of sp³-hybridized carbons (Fsp3) is 0.364. The summed E-state index contributed by atoms with van der Waals surface area (Å²) >= 11 is 6.08. The molecule has 0 atom stereocenters. The molecule has 0 aromatic heterocycles. The highest BCUT2D eigenvalue weighted by molar-refractivity contribution is 6.33. The van der Waals surface area contributed by atoms with Gasteiger partial charge in [-0.25, -0.2) is 0 Å².